The zero-order valence-electron chi connectivity index (χ0n) is 17.2. The van der Waals surface area contributed by atoms with Crippen LogP contribution in [0.3, 0.4) is 0 Å². The molecule has 1 heterocycles. The smallest absolute Gasteiger partial charge is 0.179 e. The SMILES string of the molecule is CCC(N)(CO)CCc1ccc(C(=O)CCCc2cc(C)ccc2C)n1C. The van der Waals surface area contributed by atoms with Crippen molar-refractivity contribution in [2.75, 3.05) is 6.61 Å². The molecule has 0 fully saturated rings. The van der Waals surface area contributed by atoms with Crippen LogP contribution in [-0.4, -0.2) is 27.6 Å². The summed E-state index contributed by atoms with van der Waals surface area (Å²) in [6.07, 6.45) is 4.54. The van der Waals surface area contributed by atoms with E-state index < -0.39 is 5.54 Å². The van der Waals surface area contributed by atoms with Crippen molar-refractivity contribution in [2.45, 2.75) is 64.8 Å². The number of Topliss-reactive ketones (excluding diaryl/α,β-unsaturated/α-hetero) is 1. The number of rotatable bonds is 10. The first-order valence-electron chi connectivity index (χ1n) is 9.93. The van der Waals surface area contributed by atoms with Gasteiger partial charge in [0.1, 0.15) is 0 Å². The number of nitrogens with zero attached hydrogens (tertiary/aromatic N) is 1. The van der Waals surface area contributed by atoms with Crippen LogP contribution >= 0.6 is 0 Å². The molecule has 0 spiro atoms. The lowest BCUT2D eigenvalue weighted by Gasteiger charge is -2.25. The van der Waals surface area contributed by atoms with Crippen molar-refractivity contribution in [1.29, 1.82) is 0 Å². The quantitative estimate of drug-likeness (QED) is 0.624. The summed E-state index contributed by atoms with van der Waals surface area (Å²) in [7, 11) is 1.94. The van der Waals surface area contributed by atoms with E-state index in [1.54, 1.807) is 0 Å². The van der Waals surface area contributed by atoms with Crippen molar-refractivity contribution in [3.63, 3.8) is 0 Å². The van der Waals surface area contributed by atoms with Crippen LogP contribution in [0.2, 0.25) is 0 Å². The van der Waals surface area contributed by atoms with E-state index in [9.17, 15) is 9.90 Å². The van der Waals surface area contributed by atoms with Crippen LogP contribution < -0.4 is 5.73 Å². The summed E-state index contributed by atoms with van der Waals surface area (Å²) in [5.41, 5.74) is 11.4. The number of ketones is 1. The van der Waals surface area contributed by atoms with Crippen LogP contribution in [0.5, 0.6) is 0 Å². The first kappa shape index (κ1) is 21.4. The molecule has 0 radical (unpaired) electrons. The highest BCUT2D eigenvalue weighted by Gasteiger charge is 2.22. The molecule has 1 aromatic heterocycles. The molecule has 148 valence electrons. The zero-order valence-corrected chi connectivity index (χ0v) is 17.2. The van der Waals surface area contributed by atoms with Crippen molar-refractivity contribution in [3.05, 3.63) is 58.4 Å². The Kier molecular flexibility index (Phi) is 7.40. The summed E-state index contributed by atoms with van der Waals surface area (Å²) in [6, 6.07) is 10.4. The van der Waals surface area contributed by atoms with Crippen molar-refractivity contribution in [2.24, 2.45) is 12.8 Å². The lowest BCUT2D eigenvalue weighted by atomic mass is 9.92. The molecule has 2 rings (SSSR count). The Labute approximate surface area is 163 Å². The van der Waals surface area contributed by atoms with Crippen LogP contribution in [0.15, 0.2) is 30.3 Å². The monoisotopic (exact) mass is 370 g/mol. The van der Waals surface area contributed by atoms with Gasteiger partial charge in [-0.2, -0.15) is 0 Å². The number of aliphatic hydroxyl groups excluding tert-OH is 1. The highest BCUT2D eigenvalue weighted by molar-refractivity contribution is 5.94. The number of nitrogens with two attached hydrogens (primary N) is 1. The van der Waals surface area contributed by atoms with E-state index in [2.05, 4.69) is 32.0 Å². The molecule has 27 heavy (non-hydrogen) atoms. The summed E-state index contributed by atoms with van der Waals surface area (Å²) < 4.78 is 1.98. The van der Waals surface area contributed by atoms with Gasteiger partial charge >= 0.3 is 0 Å². The third kappa shape index (κ3) is 5.53. The summed E-state index contributed by atoms with van der Waals surface area (Å²) in [5.74, 6) is 0.186. The van der Waals surface area contributed by atoms with Crippen LogP contribution in [0.1, 0.15) is 65.5 Å². The molecule has 0 saturated carbocycles. The molecule has 1 aromatic carbocycles. The molecular formula is C23H34N2O2. The van der Waals surface area contributed by atoms with Crippen LogP contribution in [0.25, 0.3) is 0 Å². The van der Waals surface area contributed by atoms with E-state index in [0.717, 1.165) is 37.1 Å². The number of aryl methyl sites for hydroxylation is 4. The Bertz CT molecular complexity index is 773. The average Bonchev–Trinajstić information content (AvgIpc) is 3.03. The van der Waals surface area contributed by atoms with Gasteiger partial charge < -0.3 is 15.4 Å². The second-order valence-corrected chi connectivity index (χ2v) is 7.85. The van der Waals surface area contributed by atoms with E-state index in [1.807, 2.05) is 30.7 Å². The maximum absolute atomic E-state index is 12.6. The van der Waals surface area contributed by atoms with Crippen molar-refractivity contribution >= 4 is 5.78 Å². The van der Waals surface area contributed by atoms with Gasteiger partial charge in [-0.05, 0) is 69.2 Å². The Hall–Kier alpha value is -1.91. The first-order valence-corrected chi connectivity index (χ1v) is 9.93. The normalized spacial score (nSPS) is 13.6. The minimum atomic E-state index is -0.542. The van der Waals surface area contributed by atoms with Crippen LogP contribution in [0.4, 0.5) is 0 Å². The van der Waals surface area contributed by atoms with E-state index in [0.29, 0.717) is 12.8 Å². The Morgan fingerprint density at radius 2 is 1.93 bits per heavy atom. The summed E-state index contributed by atoms with van der Waals surface area (Å²) in [5, 5.41) is 9.47. The van der Waals surface area contributed by atoms with Gasteiger partial charge in [0, 0.05) is 24.7 Å². The molecular weight excluding hydrogens is 336 g/mol. The molecule has 0 aliphatic heterocycles. The standard InChI is InChI=1S/C23H34N2O2/c1-5-23(24,16-26)14-13-20-11-12-21(25(20)4)22(27)8-6-7-19-15-17(2)9-10-18(19)3/h9-12,15,26H,5-8,13-14,16,24H2,1-4H3. The summed E-state index contributed by atoms with van der Waals surface area (Å²) in [4.78, 5) is 12.6. The fraction of sp³-hybridized carbons (Fsp3) is 0.522. The van der Waals surface area contributed by atoms with Gasteiger partial charge in [-0.1, -0.05) is 30.7 Å². The van der Waals surface area contributed by atoms with Gasteiger partial charge in [-0.25, -0.2) is 0 Å². The Balaban J connectivity index is 1.93. The molecule has 0 amide bonds. The van der Waals surface area contributed by atoms with Crippen molar-refractivity contribution in [3.8, 4) is 0 Å². The number of aliphatic hydroxyl groups is 1. The number of hydrogen-bond donors (Lipinski definition) is 2. The number of aromatic nitrogens is 1. The average molecular weight is 371 g/mol. The number of benzene rings is 1. The predicted molar refractivity (Wildman–Crippen MR) is 111 cm³/mol. The highest BCUT2D eigenvalue weighted by Crippen LogP contribution is 2.19. The van der Waals surface area contributed by atoms with Crippen LogP contribution in [-0.2, 0) is 19.9 Å². The molecule has 2 aromatic rings. The number of hydrogen-bond acceptors (Lipinski definition) is 3. The first-order chi connectivity index (χ1) is 12.8. The second-order valence-electron chi connectivity index (χ2n) is 7.85. The Morgan fingerprint density at radius 1 is 1.19 bits per heavy atom. The molecule has 0 aliphatic rings. The van der Waals surface area contributed by atoms with E-state index in [1.165, 1.54) is 16.7 Å². The van der Waals surface area contributed by atoms with Gasteiger partial charge in [0.15, 0.2) is 5.78 Å². The third-order valence-corrected chi connectivity index (χ3v) is 5.76. The molecule has 4 heteroatoms. The number of carbonyl (C=O) groups is 1. The lowest BCUT2D eigenvalue weighted by molar-refractivity contribution is 0.0972. The minimum Gasteiger partial charge on any atom is -0.394 e. The van der Waals surface area contributed by atoms with Crippen molar-refractivity contribution in [1.82, 2.24) is 4.57 Å². The molecule has 1 atom stereocenters. The zero-order chi connectivity index (χ0) is 20.0. The van der Waals surface area contributed by atoms with E-state index >= 15 is 0 Å². The topological polar surface area (TPSA) is 68.2 Å². The fourth-order valence-corrected chi connectivity index (χ4v) is 3.47. The summed E-state index contributed by atoms with van der Waals surface area (Å²) >= 11 is 0. The number of carbonyl (C=O) groups excluding carboxylic acids is 1. The maximum Gasteiger partial charge on any atom is 0.179 e. The van der Waals surface area contributed by atoms with Crippen molar-refractivity contribution < 1.29 is 9.90 Å². The third-order valence-electron chi connectivity index (χ3n) is 5.76. The van der Waals surface area contributed by atoms with Gasteiger partial charge in [0.05, 0.1) is 12.3 Å². The fourth-order valence-electron chi connectivity index (χ4n) is 3.47. The highest BCUT2D eigenvalue weighted by atomic mass is 16.3. The van der Waals surface area contributed by atoms with Crippen LogP contribution in [0, 0.1) is 13.8 Å². The molecule has 0 aliphatic carbocycles. The van der Waals surface area contributed by atoms with Gasteiger partial charge in [-0.15, -0.1) is 0 Å². The molecule has 1 unspecified atom stereocenters. The predicted octanol–water partition coefficient (Wildman–Crippen LogP) is 3.88. The largest absolute Gasteiger partial charge is 0.394 e. The maximum atomic E-state index is 12.6. The van der Waals surface area contributed by atoms with Gasteiger partial charge in [0.2, 0.25) is 0 Å². The minimum absolute atomic E-state index is 0.0158. The molecule has 3 N–H and O–H groups in total. The van der Waals surface area contributed by atoms with Gasteiger partial charge in [0.25, 0.3) is 0 Å². The molecule has 0 saturated heterocycles. The summed E-state index contributed by atoms with van der Waals surface area (Å²) in [6.45, 7) is 6.20. The van der Waals surface area contributed by atoms with E-state index in [4.69, 9.17) is 5.73 Å². The van der Waals surface area contributed by atoms with Gasteiger partial charge in [-0.3, -0.25) is 4.79 Å². The van der Waals surface area contributed by atoms with E-state index in [-0.39, 0.29) is 12.4 Å². The second kappa shape index (κ2) is 9.34. The molecule has 0 bridgehead atoms. The molecule has 4 nitrogen and oxygen atoms in total. The Morgan fingerprint density at radius 3 is 2.59 bits per heavy atom. The lowest BCUT2D eigenvalue weighted by Crippen LogP contribution is -2.43.